The summed E-state index contributed by atoms with van der Waals surface area (Å²) < 4.78 is 5.15. The van der Waals surface area contributed by atoms with Crippen LogP contribution in [0.3, 0.4) is 0 Å². The molecule has 0 aliphatic carbocycles. The molecule has 0 radical (unpaired) electrons. The summed E-state index contributed by atoms with van der Waals surface area (Å²) in [6.45, 7) is 11.0. The highest BCUT2D eigenvalue weighted by Gasteiger charge is 2.27. The van der Waals surface area contributed by atoms with Crippen LogP contribution in [0.4, 0.5) is 0 Å². The molecule has 14 heavy (non-hydrogen) atoms. The average molecular weight is 200 g/mol. The van der Waals surface area contributed by atoms with E-state index in [0.29, 0.717) is 18.0 Å². The van der Waals surface area contributed by atoms with Gasteiger partial charge in [0.2, 0.25) is 0 Å². The predicted octanol–water partition coefficient (Wildman–Crippen LogP) is 0.951. The molecule has 1 saturated heterocycles. The van der Waals surface area contributed by atoms with E-state index in [9.17, 15) is 0 Å². The van der Waals surface area contributed by atoms with Crippen LogP contribution in [-0.4, -0.2) is 50.3 Å². The van der Waals surface area contributed by atoms with Crippen LogP contribution in [-0.2, 0) is 4.74 Å². The van der Waals surface area contributed by atoms with Gasteiger partial charge in [-0.3, -0.25) is 4.90 Å². The molecule has 0 spiro atoms. The molecule has 1 rings (SSSR count). The van der Waals surface area contributed by atoms with E-state index in [2.05, 4.69) is 31.0 Å². The summed E-state index contributed by atoms with van der Waals surface area (Å²) in [5.74, 6) is 0.715. The molecule has 3 heteroatoms. The van der Waals surface area contributed by atoms with E-state index in [1.165, 1.54) is 0 Å². The maximum absolute atomic E-state index is 5.15. The summed E-state index contributed by atoms with van der Waals surface area (Å²) in [5, 5.41) is 3.54. The van der Waals surface area contributed by atoms with Crippen LogP contribution in [0.5, 0.6) is 0 Å². The fraction of sp³-hybridized carbons (Fsp3) is 1.00. The van der Waals surface area contributed by atoms with Crippen molar-refractivity contribution in [3.63, 3.8) is 0 Å². The molecule has 1 aliphatic rings. The molecule has 0 aromatic heterocycles. The Morgan fingerprint density at radius 2 is 2.21 bits per heavy atom. The van der Waals surface area contributed by atoms with Gasteiger partial charge in [0.25, 0.3) is 0 Å². The summed E-state index contributed by atoms with van der Waals surface area (Å²) >= 11 is 0. The Morgan fingerprint density at radius 1 is 1.50 bits per heavy atom. The van der Waals surface area contributed by atoms with Gasteiger partial charge in [-0.1, -0.05) is 13.8 Å². The van der Waals surface area contributed by atoms with Gasteiger partial charge in [0.05, 0.1) is 6.61 Å². The standard InChI is InChI=1S/C11H24N2O/c1-9(2)11-7-12-10(3)8-13(11)5-6-14-4/h9-12H,5-8H2,1-4H3. The lowest BCUT2D eigenvalue weighted by molar-refractivity contribution is 0.0691. The fourth-order valence-electron chi connectivity index (χ4n) is 2.13. The van der Waals surface area contributed by atoms with Crippen LogP contribution in [0.25, 0.3) is 0 Å². The first-order valence-electron chi connectivity index (χ1n) is 5.61. The van der Waals surface area contributed by atoms with Crippen LogP contribution in [0.2, 0.25) is 0 Å². The van der Waals surface area contributed by atoms with Crippen LogP contribution >= 0.6 is 0 Å². The van der Waals surface area contributed by atoms with Crippen molar-refractivity contribution >= 4 is 0 Å². The van der Waals surface area contributed by atoms with E-state index >= 15 is 0 Å². The summed E-state index contributed by atoms with van der Waals surface area (Å²) in [6, 6.07) is 1.28. The zero-order valence-corrected chi connectivity index (χ0v) is 9.92. The van der Waals surface area contributed by atoms with Crippen LogP contribution in [0.15, 0.2) is 0 Å². The van der Waals surface area contributed by atoms with Crippen molar-refractivity contribution < 1.29 is 4.74 Å². The largest absolute Gasteiger partial charge is 0.383 e. The lowest BCUT2D eigenvalue weighted by Crippen LogP contribution is -2.57. The molecule has 1 heterocycles. The molecule has 0 saturated carbocycles. The number of methoxy groups -OCH3 is 1. The summed E-state index contributed by atoms with van der Waals surface area (Å²) in [6.07, 6.45) is 0. The Hall–Kier alpha value is -0.120. The second-order valence-corrected chi connectivity index (χ2v) is 4.61. The molecule has 1 fully saturated rings. The van der Waals surface area contributed by atoms with Gasteiger partial charge in [0.15, 0.2) is 0 Å². The van der Waals surface area contributed by atoms with Gasteiger partial charge in [-0.2, -0.15) is 0 Å². The predicted molar refractivity (Wildman–Crippen MR) is 59.5 cm³/mol. The highest BCUT2D eigenvalue weighted by atomic mass is 16.5. The minimum Gasteiger partial charge on any atom is -0.383 e. The van der Waals surface area contributed by atoms with Gasteiger partial charge in [-0.15, -0.1) is 0 Å². The number of hydrogen-bond donors (Lipinski definition) is 1. The number of nitrogens with zero attached hydrogens (tertiary/aromatic N) is 1. The van der Waals surface area contributed by atoms with Crippen molar-refractivity contribution in [1.82, 2.24) is 10.2 Å². The van der Waals surface area contributed by atoms with E-state index in [0.717, 1.165) is 26.2 Å². The monoisotopic (exact) mass is 200 g/mol. The molecule has 1 aliphatic heterocycles. The van der Waals surface area contributed by atoms with Crippen LogP contribution in [0, 0.1) is 5.92 Å². The minimum atomic E-state index is 0.613. The minimum absolute atomic E-state index is 0.613. The Morgan fingerprint density at radius 3 is 2.79 bits per heavy atom. The second-order valence-electron chi connectivity index (χ2n) is 4.61. The third kappa shape index (κ3) is 3.23. The Balaban J connectivity index is 2.45. The molecule has 0 aromatic carbocycles. The maximum Gasteiger partial charge on any atom is 0.0589 e. The first-order chi connectivity index (χ1) is 6.65. The quantitative estimate of drug-likeness (QED) is 0.731. The summed E-state index contributed by atoms with van der Waals surface area (Å²) in [4.78, 5) is 2.55. The highest BCUT2D eigenvalue weighted by Crippen LogP contribution is 2.14. The molecular weight excluding hydrogens is 176 g/mol. The van der Waals surface area contributed by atoms with Crippen molar-refractivity contribution in [3.05, 3.63) is 0 Å². The third-order valence-corrected chi connectivity index (χ3v) is 3.01. The third-order valence-electron chi connectivity index (χ3n) is 3.01. The molecule has 3 nitrogen and oxygen atoms in total. The molecule has 1 N–H and O–H groups in total. The number of nitrogens with one attached hydrogen (secondary N) is 1. The van der Waals surface area contributed by atoms with Gasteiger partial charge >= 0.3 is 0 Å². The number of piperazine rings is 1. The van der Waals surface area contributed by atoms with E-state index in [1.807, 2.05) is 0 Å². The van der Waals surface area contributed by atoms with Crippen molar-refractivity contribution in [1.29, 1.82) is 0 Å². The van der Waals surface area contributed by atoms with Crippen LogP contribution < -0.4 is 5.32 Å². The normalized spacial score (nSPS) is 29.8. The van der Waals surface area contributed by atoms with Gasteiger partial charge in [-0.05, 0) is 12.8 Å². The second kappa shape index (κ2) is 5.69. The number of ether oxygens (including phenoxy) is 1. The zero-order valence-electron chi connectivity index (χ0n) is 9.92. The molecule has 84 valence electrons. The lowest BCUT2D eigenvalue weighted by atomic mass is 9.99. The van der Waals surface area contributed by atoms with E-state index in [1.54, 1.807) is 7.11 Å². The van der Waals surface area contributed by atoms with E-state index in [-0.39, 0.29) is 0 Å². The average Bonchev–Trinajstić information content (AvgIpc) is 2.14. The molecule has 0 aromatic rings. The maximum atomic E-state index is 5.15. The molecule has 2 atom stereocenters. The van der Waals surface area contributed by atoms with Crippen molar-refractivity contribution in [2.75, 3.05) is 33.4 Å². The SMILES string of the molecule is COCCN1CC(C)NCC1C(C)C. The smallest absolute Gasteiger partial charge is 0.0589 e. The molecule has 0 amide bonds. The lowest BCUT2D eigenvalue weighted by Gasteiger charge is -2.41. The Labute approximate surface area is 87.8 Å². The van der Waals surface area contributed by atoms with Crippen LogP contribution in [0.1, 0.15) is 20.8 Å². The molecular formula is C11H24N2O. The fourth-order valence-corrected chi connectivity index (χ4v) is 2.13. The van der Waals surface area contributed by atoms with E-state index < -0.39 is 0 Å². The topological polar surface area (TPSA) is 24.5 Å². The first-order valence-corrected chi connectivity index (χ1v) is 5.61. The van der Waals surface area contributed by atoms with Gasteiger partial charge < -0.3 is 10.1 Å². The summed E-state index contributed by atoms with van der Waals surface area (Å²) in [7, 11) is 1.77. The van der Waals surface area contributed by atoms with Crippen molar-refractivity contribution in [2.45, 2.75) is 32.9 Å². The first kappa shape index (κ1) is 12.0. The molecule has 2 unspecified atom stereocenters. The Kier molecular flexibility index (Phi) is 4.85. The van der Waals surface area contributed by atoms with E-state index in [4.69, 9.17) is 4.74 Å². The highest BCUT2D eigenvalue weighted by molar-refractivity contribution is 4.85. The number of rotatable bonds is 4. The van der Waals surface area contributed by atoms with Gasteiger partial charge in [0, 0.05) is 38.8 Å². The summed E-state index contributed by atoms with van der Waals surface area (Å²) in [5.41, 5.74) is 0. The Bertz CT molecular complexity index is 161. The van der Waals surface area contributed by atoms with Gasteiger partial charge in [-0.25, -0.2) is 0 Å². The number of hydrogen-bond acceptors (Lipinski definition) is 3. The van der Waals surface area contributed by atoms with Crippen molar-refractivity contribution in [3.8, 4) is 0 Å². The van der Waals surface area contributed by atoms with Gasteiger partial charge in [0.1, 0.15) is 0 Å². The zero-order chi connectivity index (χ0) is 10.6. The molecule has 0 bridgehead atoms. The van der Waals surface area contributed by atoms with Crippen molar-refractivity contribution in [2.24, 2.45) is 5.92 Å².